The van der Waals surface area contributed by atoms with Gasteiger partial charge in [-0.2, -0.15) is 0 Å². The minimum atomic E-state index is -0.0440. The van der Waals surface area contributed by atoms with Crippen molar-refractivity contribution in [1.82, 2.24) is 20.0 Å². The van der Waals surface area contributed by atoms with Crippen LogP contribution in [0.3, 0.4) is 0 Å². The van der Waals surface area contributed by atoms with Crippen molar-refractivity contribution < 1.29 is 13.9 Å². The fourth-order valence-corrected chi connectivity index (χ4v) is 3.76. The van der Waals surface area contributed by atoms with Crippen LogP contribution >= 0.6 is 24.0 Å². The van der Waals surface area contributed by atoms with Gasteiger partial charge in [-0.15, -0.1) is 24.0 Å². The van der Waals surface area contributed by atoms with Gasteiger partial charge >= 0.3 is 0 Å². The third kappa shape index (κ3) is 5.60. The lowest BCUT2D eigenvalue weighted by molar-refractivity contribution is -0.0175. The number of nitrogens with zero attached hydrogens (tertiary/aromatic N) is 4. The van der Waals surface area contributed by atoms with E-state index in [0.717, 1.165) is 45.4 Å². The van der Waals surface area contributed by atoms with Gasteiger partial charge in [0.15, 0.2) is 11.7 Å². The van der Waals surface area contributed by atoms with Gasteiger partial charge in [-0.25, -0.2) is 0 Å². The Labute approximate surface area is 184 Å². The number of carbonyl (C=O) groups excluding carboxylic acids is 1. The van der Waals surface area contributed by atoms with Crippen molar-refractivity contribution >= 4 is 35.8 Å². The molecule has 0 radical (unpaired) electrons. The summed E-state index contributed by atoms with van der Waals surface area (Å²) in [6.45, 7) is 10.7. The number of carbonyl (C=O) groups is 1. The summed E-state index contributed by atoms with van der Waals surface area (Å²) in [5.74, 6) is 1.25. The molecule has 3 rings (SSSR count). The number of hydrogen-bond donors (Lipinski definition) is 1. The third-order valence-corrected chi connectivity index (χ3v) is 5.35. The monoisotopic (exact) mass is 505 g/mol. The van der Waals surface area contributed by atoms with Crippen LogP contribution in [0.4, 0.5) is 0 Å². The van der Waals surface area contributed by atoms with E-state index in [-0.39, 0.29) is 29.9 Å². The van der Waals surface area contributed by atoms with Crippen LogP contribution < -0.4 is 5.32 Å². The molecule has 9 heteroatoms. The number of ether oxygens (including phenoxy) is 1. The van der Waals surface area contributed by atoms with Gasteiger partial charge < -0.3 is 24.3 Å². The van der Waals surface area contributed by atoms with E-state index >= 15 is 0 Å². The van der Waals surface area contributed by atoms with Crippen LogP contribution in [0.1, 0.15) is 24.4 Å². The van der Waals surface area contributed by atoms with E-state index < -0.39 is 0 Å². The molecule has 8 nitrogen and oxygen atoms in total. The first kappa shape index (κ1) is 23.0. The van der Waals surface area contributed by atoms with E-state index in [1.54, 1.807) is 12.1 Å². The van der Waals surface area contributed by atoms with E-state index in [1.807, 2.05) is 11.9 Å². The number of aliphatic imine (C=N–C) groups is 1. The summed E-state index contributed by atoms with van der Waals surface area (Å²) in [5, 5.41) is 3.50. The molecule has 2 atom stereocenters. The minimum Gasteiger partial charge on any atom is -0.459 e. The zero-order valence-electron chi connectivity index (χ0n) is 17.0. The highest BCUT2D eigenvalue weighted by Crippen LogP contribution is 2.11. The summed E-state index contributed by atoms with van der Waals surface area (Å²) in [5.41, 5.74) is 0. The topological polar surface area (TPSA) is 73.6 Å². The molecule has 0 bridgehead atoms. The molecule has 158 valence electrons. The smallest absolute Gasteiger partial charge is 0.289 e. The molecular weight excluding hydrogens is 473 g/mol. The number of rotatable bonds is 4. The maximum Gasteiger partial charge on any atom is 0.289 e. The molecule has 0 saturated carbocycles. The lowest BCUT2D eigenvalue weighted by atomic mass is 10.2. The van der Waals surface area contributed by atoms with Gasteiger partial charge in [-0.3, -0.25) is 14.7 Å². The number of amides is 1. The molecule has 1 aromatic heterocycles. The van der Waals surface area contributed by atoms with Gasteiger partial charge in [0.05, 0.1) is 19.5 Å². The van der Waals surface area contributed by atoms with Crippen molar-refractivity contribution in [3.05, 3.63) is 24.2 Å². The minimum absolute atomic E-state index is 0. The fourth-order valence-electron chi connectivity index (χ4n) is 3.76. The predicted octanol–water partition coefficient (Wildman–Crippen LogP) is 1.34. The normalized spacial score (nSPS) is 22.5. The molecular formula is C19H32IN5O3. The Hall–Kier alpha value is -1.33. The van der Waals surface area contributed by atoms with Crippen molar-refractivity contribution in [2.24, 2.45) is 4.99 Å². The van der Waals surface area contributed by atoms with Crippen LogP contribution in [0, 0.1) is 0 Å². The molecule has 1 aromatic rings. The van der Waals surface area contributed by atoms with Crippen LogP contribution in [-0.2, 0) is 4.74 Å². The van der Waals surface area contributed by atoms with Crippen molar-refractivity contribution in [2.45, 2.75) is 25.9 Å². The molecule has 2 aliphatic rings. The predicted molar refractivity (Wildman–Crippen MR) is 119 cm³/mol. The molecule has 2 saturated heterocycles. The Kier molecular flexibility index (Phi) is 9.03. The first-order valence-electron chi connectivity index (χ1n) is 9.72. The molecule has 2 fully saturated rings. The lowest BCUT2D eigenvalue weighted by Crippen LogP contribution is -2.56. The zero-order chi connectivity index (χ0) is 19.2. The zero-order valence-corrected chi connectivity index (χ0v) is 19.3. The molecule has 28 heavy (non-hydrogen) atoms. The number of nitrogens with one attached hydrogen (secondary N) is 1. The first-order valence-corrected chi connectivity index (χ1v) is 9.72. The summed E-state index contributed by atoms with van der Waals surface area (Å²) < 4.78 is 10.7. The quantitative estimate of drug-likeness (QED) is 0.379. The molecule has 0 spiro atoms. The maximum absolute atomic E-state index is 12.4. The Balaban J connectivity index is 0.00000280. The number of piperazine rings is 1. The van der Waals surface area contributed by atoms with Crippen LogP contribution in [-0.4, -0.2) is 98.2 Å². The summed E-state index contributed by atoms with van der Waals surface area (Å²) in [6.07, 6.45) is 1.53. The SMILES string of the molecule is CN=C(NCC(C)N1CCOCC1C)N1CCN(C(=O)c2ccco2)CC1.I. The number of furan rings is 1. The summed E-state index contributed by atoms with van der Waals surface area (Å²) in [6, 6.07) is 4.30. The Bertz CT molecular complexity index is 632. The molecule has 3 heterocycles. The second kappa shape index (κ2) is 11.0. The fraction of sp³-hybridized carbons (Fsp3) is 0.684. The summed E-state index contributed by atoms with van der Waals surface area (Å²) in [4.78, 5) is 23.3. The van der Waals surface area contributed by atoms with Crippen molar-refractivity contribution in [2.75, 3.05) is 59.5 Å². The highest BCUT2D eigenvalue weighted by Gasteiger charge is 2.27. The highest BCUT2D eigenvalue weighted by molar-refractivity contribution is 14.0. The van der Waals surface area contributed by atoms with Crippen LogP contribution in [0.15, 0.2) is 27.8 Å². The Morgan fingerprint density at radius 1 is 1.29 bits per heavy atom. The van der Waals surface area contributed by atoms with E-state index in [4.69, 9.17) is 9.15 Å². The number of morpholine rings is 1. The largest absolute Gasteiger partial charge is 0.459 e. The van der Waals surface area contributed by atoms with Crippen LogP contribution in [0.2, 0.25) is 0 Å². The van der Waals surface area contributed by atoms with E-state index in [1.165, 1.54) is 6.26 Å². The molecule has 1 amide bonds. The van der Waals surface area contributed by atoms with Crippen LogP contribution in [0.5, 0.6) is 0 Å². The van der Waals surface area contributed by atoms with Gasteiger partial charge in [-0.05, 0) is 26.0 Å². The van der Waals surface area contributed by atoms with E-state index in [0.29, 0.717) is 30.9 Å². The summed E-state index contributed by atoms with van der Waals surface area (Å²) >= 11 is 0. The second-order valence-corrected chi connectivity index (χ2v) is 7.20. The number of guanidine groups is 1. The highest BCUT2D eigenvalue weighted by atomic mass is 127. The Morgan fingerprint density at radius 3 is 2.61 bits per heavy atom. The molecule has 1 N–H and O–H groups in total. The van der Waals surface area contributed by atoms with Gasteiger partial charge in [0.25, 0.3) is 5.91 Å². The number of hydrogen-bond acceptors (Lipinski definition) is 5. The lowest BCUT2D eigenvalue weighted by Gasteiger charge is -2.39. The van der Waals surface area contributed by atoms with Crippen LogP contribution in [0.25, 0.3) is 0 Å². The first-order chi connectivity index (χ1) is 13.1. The van der Waals surface area contributed by atoms with Crippen molar-refractivity contribution in [1.29, 1.82) is 0 Å². The van der Waals surface area contributed by atoms with Gasteiger partial charge in [0.2, 0.25) is 0 Å². The van der Waals surface area contributed by atoms with Gasteiger partial charge in [0, 0.05) is 58.4 Å². The Morgan fingerprint density at radius 2 is 2.00 bits per heavy atom. The van der Waals surface area contributed by atoms with Crippen molar-refractivity contribution in [3.8, 4) is 0 Å². The molecule has 0 aliphatic carbocycles. The van der Waals surface area contributed by atoms with Crippen molar-refractivity contribution in [3.63, 3.8) is 0 Å². The molecule has 2 unspecified atom stereocenters. The van der Waals surface area contributed by atoms with E-state index in [9.17, 15) is 4.79 Å². The van der Waals surface area contributed by atoms with Gasteiger partial charge in [-0.1, -0.05) is 0 Å². The molecule has 0 aromatic carbocycles. The number of halogens is 1. The third-order valence-electron chi connectivity index (χ3n) is 5.35. The standard InChI is InChI=1S/C19H31N5O3.HI/c1-15(24-10-12-26-14-16(24)2)13-21-19(20-3)23-8-6-22(7-9-23)18(25)17-5-4-11-27-17;/h4-5,11,15-16H,6-10,12-14H2,1-3H3,(H,20,21);1H. The van der Waals surface area contributed by atoms with Gasteiger partial charge in [0.1, 0.15) is 0 Å². The average molecular weight is 505 g/mol. The van der Waals surface area contributed by atoms with E-state index in [2.05, 4.69) is 34.0 Å². The summed E-state index contributed by atoms with van der Waals surface area (Å²) in [7, 11) is 1.81. The average Bonchev–Trinajstić information content (AvgIpc) is 3.23. The maximum atomic E-state index is 12.4. The second-order valence-electron chi connectivity index (χ2n) is 7.20. The molecule has 2 aliphatic heterocycles.